The molecule has 0 aliphatic heterocycles. The molecule has 0 aromatic rings. The van der Waals surface area contributed by atoms with E-state index in [0.717, 1.165) is 66.8 Å². The molecule has 0 unspecified atom stereocenters. The number of nitrogens with zero attached hydrogens (tertiary/aromatic N) is 3. The van der Waals surface area contributed by atoms with E-state index in [9.17, 15) is 9.90 Å². The van der Waals surface area contributed by atoms with Crippen molar-refractivity contribution in [3.63, 3.8) is 0 Å². The van der Waals surface area contributed by atoms with Gasteiger partial charge >= 0.3 is 6.09 Å². The molecule has 0 saturated heterocycles. The SMILES string of the molecule is CCN(CCNCC[N+](C)(C)C)C(=O)O/N=C(\C)[C@H]1CC[C@H]2[C@@H]3CC[C@@H]4C[C@H](O)CC[C@]4(C)[C@H]3CC[C@]12C. The minimum Gasteiger partial charge on any atom is -0.393 e. The fraction of sp³-hybridized carbons (Fsp3) is 0.935. The van der Waals surface area contributed by atoms with Crippen molar-refractivity contribution in [3.05, 3.63) is 0 Å². The zero-order chi connectivity index (χ0) is 27.7. The third-order valence-electron chi connectivity index (χ3n) is 11.6. The van der Waals surface area contributed by atoms with Gasteiger partial charge in [0.2, 0.25) is 0 Å². The highest BCUT2D eigenvalue weighted by Crippen LogP contribution is 2.67. The number of hydrogen-bond donors (Lipinski definition) is 2. The number of carbonyl (C=O) groups is 1. The molecule has 4 rings (SSSR count). The summed E-state index contributed by atoms with van der Waals surface area (Å²) >= 11 is 0. The number of amides is 1. The van der Waals surface area contributed by atoms with E-state index in [1.807, 2.05) is 6.92 Å². The zero-order valence-electron chi connectivity index (χ0n) is 25.5. The number of fused-ring (bicyclic) bond motifs is 5. The first-order chi connectivity index (χ1) is 17.9. The van der Waals surface area contributed by atoms with Gasteiger partial charge in [-0.2, -0.15) is 0 Å². The molecular formula is C31H57N4O3+. The third kappa shape index (κ3) is 6.10. The summed E-state index contributed by atoms with van der Waals surface area (Å²) in [5, 5.41) is 18.2. The maximum absolute atomic E-state index is 12.8. The van der Waals surface area contributed by atoms with Crippen LogP contribution in [0.15, 0.2) is 5.16 Å². The first-order valence-corrected chi connectivity index (χ1v) is 15.6. The van der Waals surface area contributed by atoms with Crippen molar-refractivity contribution >= 4 is 11.8 Å². The number of aliphatic hydroxyl groups excluding tert-OH is 1. The Balaban J connectivity index is 1.33. The summed E-state index contributed by atoms with van der Waals surface area (Å²) in [5.41, 5.74) is 1.66. The Bertz CT molecular complexity index is 857. The quantitative estimate of drug-likeness (QED) is 0.142. The van der Waals surface area contributed by atoms with Crippen molar-refractivity contribution in [3.8, 4) is 0 Å². The van der Waals surface area contributed by atoms with Gasteiger partial charge in [0.05, 0.1) is 39.5 Å². The zero-order valence-corrected chi connectivity index (χ0v) is 25.5. The third-order valence-corrected chi connectivity index (χ3v) is 11.6. The Hall–Kier alpha value is -1.18. The summed E-state index contributed by atoms with van der Waals surface area (Å²) in [7, 11) is 6.55. The lowest BCUT2D eigenvalue weighted by molar-refractivity contribution is -0.869. The summed E-state index contributed by atoms with van der Waals surface area (Å²) in [6.07, 6.45) is 10.4. The van der Waals surface area contributed by atoms with E-state index in [0.29, 0.717) is 30.3 Å². The smallest absolute Gasteiger partial charge is 0.393 e. The second kappa shape index (κ2) is 11.7. The van der Waals surface area contributed by atoms with Crippen LogP contribution in [0.25, 0.3) is 0 Å². The van der Waals surface area contributed by atoms with Crippen molar-refractivity contribution in [2.24, 2.45) is 45.6 Å². The summed E-state index contributed by atoms with van der Waals surface area (Å²) < 4.78 is 0.923. The predicted molar refractivity (Wildman–Crippen MR) is 154 cm³/mol. The van der Waals surface area contributed by atoms with Gasteiger partial charge in [0, 0.05) is 32.1 Å². The predicted octanol–water partition coefficient (Wildman–Crippen LogP) is 5.14. The molecule has 4 aliphatic rings. The van der Waals surface area contributed by atoms with Gasteiger partial charge in [0.15, 0.2) is 0 Å². The Morgan fingerprint density at radius 2 is 1.74 bits per heavy atom. The summed E-state index contributed by atoms with van der Waals surface area (Å²) in [4.78, 5) is 20.1. The second-order valence-electron chi connectivity index (χ2n) is 14.7. The highest BCUT2D eigenvalue weighted by atomic mass is 16.7. The van der Waals surface area contributed by atoms with Crippen LogP contribution in [0.2, 0.25) is 0 Å². The first-order valence-electron chi connectivity index (χ1n) is 15.6. The van der Waals surface area contributed by atoms with Crippen molar-refractivity contribution in [1.82, 2.24) is 10.2 Å². The van der Waals surface area contributed by atoms with E-state index in [-0.39, 0.29) is 17.6 Å². The average Bonchev–Trinajstić information content (AvgIpc) is 3.21. The Morgan fingerprint density at radius 1 is 1.03 bits per heavy atom. The van der Waals surface area contributed by atoms with E-state index in [4.69, 9.17) is 4.84 Å². The highest BCUT2D eigenvalue weighted by Gasteiger charge is 2.60. The number of quaternary nitrogens is 1. The molecule has 8 atom stereocenters. The van der Waals surface area contributed by atoms with E-state index in [2.05, 4.69) is 52.4 Å². The van der Waals surface area contributed by atoms with Gasteiger partial charge in [-0.15, -0.1) is 0 Å². The average molecular weight is 534 g/mol. The van der Waals surface area contributed by atoms with E-state index < -0.39 is 0 Å². The molecule has 7 heteroatoms. The van der Waals surface area contributed by atoms with Crippen LogP contribution < -0.4 is 5.32 Å². The van der Waals surface area contributed by atoms with Gasteiger partial charge in [-0.3, -0.25) is 4.84 Å². The molecule has 0 aromatic carbocycles. The summed E-state index contributed by atoms with van der Waals surface area (Å²) in [6.45, 7) is 13.1. The molecule has 4 saturated carbocycles. The van der Waals surface area contributed by atoms with E-state index >= 15 is 0 Å². The van der Waals surface area contributed by atoms with E-state index in [1.165, 1.54) is 38.5 Å². The molecule has 7 nitrogen and oxygen atoms in total. The fourth-order valence-electron chi connectivity index (χ4n) is 9.29. The first kappa shape index (κ1) is 29.8. The van der Waals surface area contributed by atoms with Gasteiger partial charge in [-0.05, 0) is 106 Å². The maximum Gasteiger partial charge on any atom is 0.436 e. The van der Waals surface area contributed by atoms with Crippen LogP contribution in [0, 0.1) is 40.4 Å². The molecule has 0 aromatic heterocycles. The molecule has 0 radical (unpaired) electrons. The van der Waals surface area contributed by atoms with Crippen LogP contribution in [0.4, 0.5) is 4.79 Å². The molecule has 0 spiro atoms. The van der Waals surface area contributed by atoms with Crippen molar-refractivity contribution < 1.29 is 19.2 Å². The molecule has 0 bridgehead atoms. The van der Waals surface area contributed by atoms with Gasteiger partial charge in [-0.1, -0.05) is 19.0 Å². The normalized spacial score (nSPS) is 39.2. The van der Waals surface area contributed by atoms with Gasteiger partial charge in [-0.25, -0.2) is 4.79 Å². The molecule has 218 valence electrons. The number of nitrogens with one attached hydrogen (secondary N) is 1. The molecule has 1 amide bonds. The molecule has 4 fully saturated rings. The Labute approximate surface area is 232 Å². The largest absolute Gasteiger partial charge is 0.436 e. The van der Waals surface area contributed by atoms with Crippen molar-refractivity contribution in [2.75, 3.05) is 53.9 Å². The molecule has 38 heavy (non-hydrogen) atoms. The van der Waals surface area contributed by atoms with Crippen LogP contribution in [-0.2, 0) is 4.84 Å². The minimum absolute atomic E-state index is 0.0800. The molecular weight excluding hydrogens is 476 g/mol. The van der Waals surface area contributed by atoms with Gasteiger partial charge in [0.1, 0.15) is 0 Å². The monoisotopic (exact) mass is 533 g/mol. The van der Waals surface area contributed by atoms with Crippen molar-refractivity contribution in [2.45, 2.75) is 91.6 Å². The maximum atomic E-state index is 12.8. The second-order valence-corrected chi connectivity index (χ2v) is 14.7. The van der Waals surface area contributed by atoms with Crippen molar-refractivity contribution in [1.29, 1.82) is 0 Å². The molecule has 4 aliphatic carbocycles. The number of aliphatic hydroxyl groups is 1. The minimum atomic E-state index is -0.339. The van der Waals surface area contributed by atoms with Gasteiger partial charge < -0.3 is 19.8 Å². The summed E-state index contributed by atoms with van der Waals surface area (Å²) in [6, 6.07) is 0. The topological polar surface area (TPSA) is 74.2 Å². The Kier molecular flexibility index (Phi) is 9.21. The van der Waals surface area contributed by atoms with Crippen LogP contribution in [0.3, 0.4) is 0 Å². The number of oxime groups is 1. The molecule has 0 heterocycles. The lowest BCUT2D eigenvalue weighted by atomic mass is 9.44. The van der Waals surface area contributed by atoms with Crippen LogP contribution in [0.5, 0.6) is 0 Å². The summed E-state index contributed by atoms with van der Waals surface area (Å²) in [5.74, 6) is 3.43. The van der Waals surface area contributed by atoms with Crippen LogP contribution >= 0.6 is 0 Å². The standard InChI is InChI=1S/C31H57N4O3/c1-8-34(19-17-32-18-20-35(5,6)7)29(37)38-33-22(2)26-11-12-27-25-10-9-23-21-24(36)13-15-30(23,3)28(25)14-16-31(26,27)4/h23-28,32,36H,8-21H2,1-7H3/q+1/b33-22+/t23-,24-,25+,26-,27+,28+,30+,31-/m1/s1. The van der Waals surface area contributed by atoms with E-state index in [1.54, 1.807) is 4.90 Å². The van der Waals surface area contributed by atoms with Crippen LogP contribution in [-0.4, -0.2) is 86.3 Å². The lowest BCUT2D eigenvalue weighted by Crippen LogP contribution is -2.54. The Morgan fingerprint density at radius 3 is 2.45 bits per heavy atom. The number of carbonyl (C=O) groups excluding carboxylic acids is 1. The van der Waals surface area contributed by atoms with Gasteiger partial charge in [0.25, 0.3) is 0 Å². The van der Waals surface area contributed by atoms with Crippen LogP contribution in [0.1, 0.15) is 85.5 Å². The molecule has 2 N–H and O–H groups in total. The lowest BCUT2D eigenvalue weighted by Gasteiger charge is -2.61. The fourth-order valence-corrected chi connectivity index (χ4v) is 9.29. The highest BCUT2D eigenvalue weighted by molar-refractivity contribution is 5.85. The number of hydrogen-bond acceptors (Lipinski definition) is 5. The number of likely N-dealkylation sites (N-methyl/N-ethyl adjacent to an activating group) is 2. The number of rotatable bonds is 9.